The summed E-state index contributed by atoms with van der Waals surface area (Å²) in [6.45, 7) is 5.90. The first kappa shape index (κ1) is 57.1. The van der Waals surface area contributed by atoms with E-state index < -0.39 is 0 Å². The second-order valence-corrected chi connectivity index (χ2v) is 20.7. The van der Waals surface area contributed by atoms with Crippen molar-refractivity contribution in [3.63, 3.8) is 0 Å². The van der Waals surface area contributed by atoms with Gasteiger partial charge >= 0.3 is 12.1 Å². The van der Waals surface area contributed by atoms with Crippen LogP contribution in [-0.2, 0) is 6.42 Å². The molecule has 6 heteroatoms. The minimum Gasteiger partial charge on any atom is -0.338 e. The largest absolute Gasteiger partial charge is 0.338 e. The third-order valence-electron chi connectivity index (χ3n) is 14.7. The lowest BCUT2D eigenvalue weighted by Gasteiger charge is -2.18. The molecule has 0 heterocycles. The Kier molecular flexibility index (Phi) is 29.0. The monoisotopic (exact) mass is 965 g/mol. The van der Waals surface area contributed by atoms with E-state index >= 15 is 0 Å². The Labute approximate surface area is 432 Å². The molecule has 6 nitrogen and oxygen atoms in total. The van der Waals surface area contributed by atoms with Gasteiger partial charge in [-0.15, -0.1) is 0 Å². The molecule has 388 valence electrons. The zero-order chi connectivity index (χ0) is 49.8. The number of carbonyl (C=O) groups is 2. The van der Waals surface area contributed by atoms with Gasteiger partial charge in [-0.3, -0.25) is 0 Å². The summed E-state index contributed by atoms with van der Waals surface area (Å²) in [6.07, 6.45) is 43.9. The Balaban J connectivity index is 0.000000609. The van der Waals surface area contributed by atoms with Crippen molar-refractivity contribution in [1.29, 1.82) is 0 Å². The lowest BCUT2D eigenvalue weighted by Crippen LogP contribution is -2.30. The molecule has 4 N–H and O–H groups in total. The molecule has 0 aromatic heterocycles. The number of rotatable bonds is 36. The third kappa shape index (κ3) is 21.8. The summed E-state index contributed by atoms with van der Waals surface area (Å²) in [5.41, 5.74) is 7.30. The van der Waals surface area contributed by atoms with Crippen LogP contribution < -0.4 is 21.3 Å². The van der Waals surface area contributed by atoms with Crippen molar-refractivity contribution in [3.05, 3.63) is 108 Å². The molecule has 6 rings (SSSR count). The number of fused-ring (bicyclic) bond motifs is 5. The Morgan fingerprint density at radius 3 is 0.845 bits per heavy atom. The lowest BCUT2D eigenvalue weighted by atomic mass is 9.98. The molecule has 5 aromatic rings. The molecule has 1 aliphatic rings. The smallest absolute Gasteiger partial charge is 0.319 e. The Bertz CT molecular complexity index is 2000. The SMILES string of the molecule is CCCCCCCCCCCCCCCCCCNC(=O)Nc1c2ccccc2c(NC(=O)NCCCCCCCCCCCCCCCCCC)c2ccccc12.c1ccc2c(c1)Cc1ccccc1-2. The van der Waals surface area contributed by atoms with Crippen molar-refractivity contribution in [3.8, 4) is 11.1 Å². The number of unbranched alkanes of at least 4 members (excludes halogenated alkanes) is 30. The van der Waals surface area contributed by atoms with Gasteiger partial charge in [-0.2, -0.15) is 0 Å². The zero-order valence-corrected chi connectivity index (χ0v) is 44.8. The molecule has 0 saturated heterocycles. The first-order chi connectivity index (χ1) is 35.1. The van der Waals surface area contributed by atoms with Crippen LogP contribution in [0.4, 0.5) is 21.0 Å². The van der Waals surface area contributed by atoms with Gasteiger partial charge in [0.1, 0.15) is 0 Å². The Morgan fingerprint density at radius 1 is 0.324 bits per heavy atom. The van der Waals surface area contributed by atoms with Crippen LogP contribution in [0.15, 0.2) is 97.1 Å². The van der Waals surface area contributed by atoms with Crippen LogP contribution in [0.5, 0.6) is 0 Å². The third-order valence-corrected chi connectivity index (χ3v) is 14.7. The minimum absolute atomic E-state index is 0.187. The van der Waals surface area contributed by atoms with Crippen LogP contribution in [0.3, 0.4) is 0 Å². The summed E-state index contributed by atoms with van der Waals surface area (Å²) in [7, 11) is 0. The van der Waals surface area contributed by atoms with Gasteiger partial charge in [-0.05, 0) is 41.5 Å². The molecule has 0 aliphatic heterocycles. The zero-order valence-electron chi connectivity index (χ0n) is 44.8. The topological polar surface area (TPSA) is 82.3 Å². The summed E-state index contributed by atoms with van der Waals surface area (Å²) >= 11 is 0. The van der Waals surface area contributed by atoms with Crippen LogP contribution >= 0.6 is 0 Å². The van der Waals surface area contributed by atoms with Crippen molar-refractivity contribution in [2.45, 2.75) is 226 Å². The number of urea groups is 2. The van der Waals surface area contributed by atoms with Gasteiger partial charge in [0.05, 0.1) is 11.4 Å². The van der Waals surface area contributed by atoms with Crippen LogP contribution in [0.25, 0.3) is 32.7 Å². The highest BCUT2D eigenvalue weighted by Crippen LogP contribution is 2.40. The number of hydrogen-bond acceptors (Lipinski definition) is 2. The molecule has 0 radical (unpaired) electrons. The number of carbonyl (C=O) groups excluding carboxylic acids is 2. The molecule has 0 saturated carbocycles. The molecule has 0 atom stereocenters. The minimum atomic E-state index is -0.187. The van der Waals surface area contributed by atoms with E-state index in [0.29, 0.717) is 13.1 Å². The molecule has 71 heavy (non-hydrogen) atoms. The number of amides is 4. The number of hydrogen-bond donors (Lipinski definition) is 4. The number of nitrogens with one attached hydrogen (secondary N) is 4. The van der Waals surface area contributed by atoms with E-state index in [0.717, 1.165) is 65.0 Å². The van der Waals surface area contributed by atoms with Gasteiger partial charge in [0.2, 0.25) is 0 Å². The van der Waals surface area contributed by atoms with E-state index in [1.807, 2.05) is 48.5 Å². The van der Waals surface area contributed by atoms with E-state index in [4.69, 9.17) is 0 Å². The predicted molar refractivity (Wildman–Crippen MR) is 309 cm³/mol. The molecule has 0 bridgehead atoms. The predicted octanol–water partition coefficient (Wildman–Crippen LogP) is 20.0. The summed E-state index contributed by atoms with van der Waals surface area (Å²) in [4.78, 5) is 26.3. The highest BCUT2D eigenvalue weighted by atomic mass is 16.2. The van der Waals surface area contributed by atoms with E-state index in [-0.39, 0.29) is 12.1 Å². The van der Waals surface area contributed by atoms with E-state index in [1.54, 1.807) is 0 Å². The fraction of sp³-hybridized carbons (Fsp3) is 0.569. The fourth-order valence-corrected chi connectivity index (χ4v) is 10.5. The molecule has 5 aromatic carbocycles. The average Bonchev–Trinajstić information content (AvgIpc) is 3.78. The van der Waals surface area contributed by atoms with Gasteiger partial charge in [0.25, 0.3) is 0 Å². The van der Waals surface area contributed by atoms with Crippen molar-refractivity contribution >= 4 is 45.0 Å². The molecular formula is C65H96N4O2. The van der Waals surface area contributed by atoms with Crippen LogP contribution in [0, 0.1) is 0 Å². The lowest BCUT2D eigenvalue weighted by molar-refractivity contribution is 0.251. The summed E-state index contributed by atoms with van der Waals surface area (Å²) < 4.78 is 0. The molecule has 4 amide bonds. The van der Waals surface area contributed by atoms with Crippen molar-refractivity contribution < 1.29 is 9.59 Å². The van der Waals surface area contributed by atoms with Crippen LogP contribution in [0.2, 0.25) is 0 Å². The van der Waals surface area contributed by atoms with Crippen molar-refractivity contribution in [2.75, 3.05) is 23.7 Å². The van der Waals surface area contributed by atoms with E-state index in [1.165, 1.54) is 202 Å². The second-order valence-electron chi connectivity index (χ2n) is 20.7. The van der Waals surface area contributed by atoms with E-state index in [2.05, 4.69) is 83.6 Å². The quantitative estimate of drug-likeness (QED) is 0.0180. The molecule has 1 aliphatic carbocycles. The van der Waals surface area contributed by atoms with Crippen molar-refractivity contribution in [1.82, 2.24) is 10.6 Å². The van der Waals surface area contributed by atoms with Crippen LogP contribution in [0.1, 0.15) is 230 Å². The van der Waals surface area contributed by atoms with Gasteiger partial charge in [-0.1, -0.05) is 304 Å². The fourth-order valence-electron chi connectivity index (χ4n) is 10.5. The van der Waals surface area contributed by atoms with Crippen LogP contribution in [-0.4, -0.2) is 25.2 Å². The first-order valence-electron chi connectivity index (χ1n) is 29.3. The van der Waals surface area contributed by atoms with Gasteiger partial charge in [0.15, 0.2) is 0 Å². The normalized spacial score (nSPS) is 11.5. The Hall–Kier alpha value is -4.84. The van der Waals surface area contributed by atoms with Gasteiger partial charge < -0.3 is 21.3 Å². The second kappa shape index (κ2) is 36.1. The van der Waals surface area contributed by atoms with Gasteiger partial charge in [-0.25, -0.2) is 9.59 Å². The van der Waals surface area contributed by atoms with E-state index in [9.17, 15) is 9.59 Å². The average molecular weight is 966 g/mol. The maximum atomic E-state index is 13.2. The highest BCUT2D eigenvalue weighted by Gasteiger charge is 2.18. The summed E-state index contributed by atoms with van der Waals surface area (Å²) in [5, 5.41) is 16.2. The maximum Gasteiger partial charge on any atom is 0.319 e. The molecule has 0 fully saturated rings. The molecular weight excluding hydrogens is 869 g/mol. The van der Waals surface area contributed by atoms with Gasteiger partial charge in [0, 0.05) is 34.6 Å². The number of benzene rings is 5. The highest BCUT2D eigenvalue weighted by molar-refractivity contribution is 6.23. The summed E-state index contributed by atoms with van der Waals surface area (Å²) in [6, 6.07) is 33.0. The van der Waals surface area contributed by atoms with Crippen molar-refractivity contribution in [2.24, 2.45) is 0 Å². The molecule has 0 spiro atoms. The standard InChI is InChI=1S/C52H86N4O2.C13H10/c1-3-5-7-9-11-13-15-17-19-21-23-25-27-29-31-37-43-53-51(57)55-49-45-39-33-35-41-47(45)50(48-42-36-34-40-46(48)49)56-52(58)54-44-38-32-30-28-26-24-22-20-18-16-14-12-10-8-6-4-2;1-3-7-12-10(5-1)9-11-6-2-4-8-13(11)12/h33-36,39-42H,3-32,37-38,43-44H2,1-2H3,(H2,53,55,57)(H2,54,56,58);1-8H,9H2. The number of anilines is 2. The first-order valence-corrected chi connectivity index (χ1v) is 29.3. The maximum absolute atomic E-state index is 13.2. The molecule has 0 unspecified atom stereocenters. The Morgan fingerprint density at radius 2 is 0.563 bits per heavy atom. The summed E-state index contributed by atoms with van der Waals surface area (Å²) in [5.74, 6) is 0.